The summed E-state index contributed by atoms with van der Waals surface area (Å²) >= 11 is 0. The summed E-state index contributed by atoms with van der Waals surface area (Å²) in [6.45, 7) is 2.27. The maximum atomic E-state index is 13.1. The highest BCUT2D eigenvalue weighted by molar-refractivity contribution is 5.50. The molecule has 2 heterocycles. The maximum Gasteiger partial charge on any atom is 0.416 e. The minimum atomic E-state index is -4.32. The van der Waals surface area contributed by atoms with E-state index in [4.69, 9.17) is 9.47 Å². The van der Waals surface area contributed by atoms with Gasteiger partial charge in [0.2, 0.25) is 0 Å². The normalized spacial score (nSPS) is 22.5. The Labute approximate surface area is 175 Å². The highest BCUT2D eigenvalue weighted by Crippen LogP contribution is 2.40. The first-order valence-corrected chi connectivity index (χ1v) is 10.3. The van der Waals surface area contributed by atoms with Gasteiger partial charge in [-0.2, -0.15) is 13.2 Å². The largest absolute Gasteiger partial charge is 0.493 e. The van der Waals surface area contributed by atoms with E-state index in [-0.39, 0.29) is 6.04 Å². The molecule has 0 spiro atoms. The highest BCUT2D eigenvalue weighted by Gasteiger charge is 2.37. The summed E-state index contributed by atoms with van der Waals surface area (Å²) in [4.78, 5) is 4.60. The molecular weight excluding hydrogens is 393 g/mol. The predicted octanol–water partition coefficient (Wildman–Crippen LogP) is 5.14. The molecule has 2 aromatic rings. The molecule has 30 heavy (non-hydrogen) atoms. The Balaban J connectivity index is 1.52. The van der Waals surface area contributed by atoms with Crippen LogP contribution in [0, 0.1) is 0 Å². The van der Waals surface area contributed by atoms with Crippen molar-refractivity contribution in [2.24, 2.45) is 0 Å². The molecule has 2 saturated heterocycles. The Morgan fingerprint density at radius 3 is 2.47 bits per heavy atom. The molecule has 0 aromatic heterocycles. The van der Waals surface area contributed by atoms with Crippen molar-refractivity contribution in [3.05, 3.63) is 53.6 Å². The summed E-state index contributed by atoms with van der Waals surface area (Å²) in [5, 5.41) is 0. The van der Waals surface area contributed by atoms with Gasteiger partial charge in [-0.3, -0.25) is 4.90 Å². The van der Waals surface area contributed by atoms with Crippen molar-refractivity contribution in [1.29, 1.82) is 0 Å². The Morgan fingerprint density at radius 2 is 1.73 bits per heavy atom. The number of fused-ring (bicyclic) bond motifs is 1. The van der Waals surface area contributed by atoms with Gasteiger partial charge in [-0.1, -0.05) is 12.1 Å². The second-order valence-corrected chi connectivity index (χ2v) is 7.95. The van der Waals surface area contributed by atoms with Gasteiger partial charge in [0.25, 0.3) is 0 Å². The van der Waals surface area contributed by atoms with Crippen molar-refractivity contribution in [3.8, 4) is 11.5 Å². The van der Waals surface area contributed by atoms with Crippen LogP contribution >= 0.6 is 0 Å². The first-order chi connectivity index (χ1) is 14.4. The van der Waals surface area contributed by atoms with Gasteiger partial charge in [-0.25, -0.2) is 0 Å². The third kappa shape index (κ3) is 4.08. The van der Waals surface area contributed by atoms with Crippen molar-refractivity contribution < 1.29 is 22.6 Å². The van der Waals surface area contributed by atoms with Crippen LogP contribution in [0.5, 0.6) is 11.5 Å². The molecular formula is C23H27F3N2O2. The fraction of sp³-hybridized carbons (Fsp3) is 0.478. The number of alkyl halides is 3. The number of rotatable bonds is 4. The van der Waals surface area contributed by atoms with Crippen LogP contribution in [0.1, 0.15) is 36.4 Å². The smallest absolute Gasteiger partial charge is 0.416 e. The second kappa shape index (κ2) is 8.38. The van der Waals surface area contributed by atoms with Gasteiger partial charge in [-0.05, 0) is 55.2 Å². The molecule has 7 heteroatoms. The Morgan fingerprint density at radius 1 is 0.933 bits per heavy atom. The molecule has 0 saturated carbocycles. The molecule has 2 aromatic carbocycles. The SMILES string of the molecule is COc1ccc(C2CCCC3CN(c4cccc(C(F)(F)F)c4)CCN32)cc1OC. The van der Waals surface area contributed by atoms with Crippen LogP contribution in [0.3, 0.4) is 0 Å². The minimum absolute atomic E-state index is 0.284. The van der Waals surface area contributed by atoms with E-state index in [0.29, 0.717) is 24.0 Å². The lowest BCUT2D eigenvalue weighted by molar-refractivity contribution is -0.137. The molecule has 0 N–H and O–H groups in total. The third-order valence-electron chi connectivity index (χ3n) is 6.27. The molecule has 0 aliphatic carbocycles. The summed E-state index contributed by atoms with van der Waals surface area (Å²) < 4.78 is 50.2. The lowest BCUT2D eigenvalue weighted by Gasteiger charge is -2.49. The number of hydrogen-bond donors (Lipinski definition) is 0. The average molecular weight is 420 g/mol. The molecule has 162 valence electrons. The van der Waals surface area contributed by atoms with E-state index < -0.39 is 11.7 Å². The Hall–Kier alpha value is -2.41. The van der Waals surface area contributed by atoms with E-state index in [1.807, 2.05) is 12.1 Å². The number of piperidine rings is 1. The summed E-state index contributed by atoms with van der Waals surface area (Å²) in [6.07, 6.45) is -1.10. The van der Waals surface area contributed by atoms with Gasteiger partial charge in [0, 0.05) is 37.4 Å². The van der Waals surface area contributed by atoms with Crippen LogP contribution in [-0.2, 0) is 6.18 Å². The number of nitrogens with zero attached hydrogens (tertiary/aromatic N) is 2. The monoisotopic (exact) mass is 420 g/mol. The van der Waals surface area contributed by atoms with Gasteiger partial charge < -0.3 is 14.4 Å². The summed E-state index contributed by atoms with van der Waals surface area (Å²) in [5.41, 5.74) is 1.26. The minimum Gasteiger partial charge on any atom is -0.493 e. The molecule has 2 aliphatic rings. The van der Waals surface area contributed by atoms with Crippen molar-refractivity contribution in [1.82, 2.24) is 4.90 Å². The first-order valence-electron chi connectivity index (χ1n) is 10.3. The Kier molecular flexibility index (Phi) is 5.82. The van der Waals surface area contributed by atoms with Crippen molar-refractivity contribution in [2.45, 2.75) is 37.5 Å². The van der Waals surface area contributed by atoms with Crippen LogP contribution < -0.4 is 14.4 Å². The van der Waals surface area contributed by atoms with E-state index >= 15 is 0 Å². The lowest BCUT2D eigenvalue weighted by atomic mass is 9.89. The molecule has 4 rings (SSSR count). The van der Waals surface area contributed by atoms with Crippen LogP contribution in [0.15, 0.2) is 42.5 Å². The van der Waals surface area contributed by atoms with Crippen molar-refractivity contribution in [2.75, 3.05) is 38.8 Å². The number of benzene rings is 2. The summed E-state index contributed by atoms with van der Waals surface area (Å²) in [6, 6.07) is 12.4. The number of hydrogen-bond acceptors (Lipinski definition) is 4. The number of ether oxygens (including phenoxy) is 2. The number of halogens is 3. The van der Waals surface area contributed by atoms with Crippen molar-refractivity contribution >= 4 is 5.69 Å². The van der Waals surface area contributed by atoms with Gasteiger partial charge in [0.15, 0.2) is 11.5 Å². The fourth-order valence-corrected chi connectivity index (χ4v) is 4.78. The van der Waals surface area contributed by atoms with E-state index in [1.165, 1.54) is 17.7 Å². The number of anilines is 1. The Bertz CT molecular complexity index is 887. The van der Waals surface area contributed by atoms with E-state index in [9.17, 15) is 13.2 Å². The van der Waals surface area contributed by atoms with Gasteiger partial charge in [0.05, 0.1) is 19.8 Å². The average Bonchev–Trinajstić information content (AvgIpc) is 2.77. The third-order valence-corrected chi connectivity index (χ3v) is 6.27. The van der Waals surface area contributed by atoms with Crippen LogP contribution in [0.4, 0.5) is 18.9 Å². The van der Waals surface area contributed by atoms with Crippen molar-refractivity contribution in [3.63, 3.8) is 0 Å². The zero-order valence-corrected chi connectivity index (χ0v) is 17.3. The van der Waals surface area contributed by atoms with Crippen LogP contribution in [-0.4, -0.2) is 44.8 Å². The number of methoxy groups -OCH3 is 2. The molecule has 0 radical (unpaired) electrons. The predicted molar refractivity (Wildman–Crippen MR) is 110 cm³/mol. The molecule has 2 unspecified atom stereocenters. The molecule has 4 nitrogen and oxygen atoms in total. The topological polar surface area (TPSA) is 24.9 Å². The molecule has 2 aliphatic heterocycles. The van der Waals surface area contributed by atoms with E-state index in [0.717, 1.165) is 44.2 Å². The quantitative estimate of drug-likeness (QED) is 0.684. The van der Waals surface area contributed by atoms with Gasteiger partial charge in [0.1, 0.15) is 0 Å². The van der Waals surface area contributed by atoms with E-state index in [1.54, 1.807) is 20.3 Å². The second-order valence-electron chi connectivity index (χ2n) is 7.95. The summed E-state index contributed by atoms with van der Waals surface area (Å²) in [7, 11) is 3.26. The zero-order valence-electron chi connectivity index (χ0n) is 17.3. The highest BCUT2D eigenvalue weighted by atomic mass is 19.4. The summed E-state index contributed by atoms with van der Waals surface area (Å²) in [5.74, 6) is 1.43. The first kappa shape index (κ1) is 20.8. The fourth-order valence-electron chi connectivity index (χ4n) is 4.78. The number of piperazine rings is 1. The zero-order chi connectivity index (χ0) is 21.3. The molecule has 2 atom stereocenters. The maximum absolute atomic E-state index is 13.1. The van der Waals surface area contributed by atoms with Crippen LogP contribution in [0.25, 0.3) is 0 Å². The standard InChI is InChI=1S/C23H27F3N2O2/c1-29-21-10-9-16(13-22(21)30-2)20-8-4-7-19-15-27(11-12-28(19)20)18-6-3-5-17(14-18)23(24,25)26/h3,5-6,9-10,13-14,19-20H,4,7-8,11-12,15H2,1-2H3. The van der Waals surface area contributed by atoms with Crippen LogP contribution in [0.2, 0.25) is 0 Å². The van der Waals surface area contributed by atoms with Gasteiger partial charge in [-0.15, -0.1) is 0 Å². The molecule has 0 amide bonds. The molecule has 0 bridgehead atoms. The van der Waals surface area contributed by atoms with E-state index in [2.05, 4.69) is 15.9 Å². The van der Waals surface area contributed by atoms with Gasteiger partial charge >= 0.3 is 6.18 Å². The molecule has 2 fully saturated rings. The lowest BCUT2D eigenvalue weighted by Crippen LogP contribution is -2.55.